The number of hydrogen-bond donors (Lipinski definition) is 3. The number of nitrogens with two attached hydrogens (primary N) is 1. The maximum Gasteiger partial charge on any atom is 0.264 e. The molecule has 3 aromatic rings. The molecule has 55 heavy (non-hydrogen) atoms. The van der Waals surface area contributed by atoms with Gasteiger partial charge in [0.05, 0.1) is 34.7 Å². The van der Waals surface area contributed by atoms with Crippen LogP contribution in [0.5, 0.6) is 0 Å². The molecule has 4 aliphatic rings. The zero-order valence-electron chi connectivity index (χ0n) is 30.0. The molecule has 16 heteroatoms. The van der Waals surface area contributed by atoms with Crippen molar-refractivity contribution in [3.05, 3.63) is 82.1 Å². The molecule has 0 aliphatic carbocycles. The second-order valence-electron chi connectivity index (χ2n) is 13.6. The lowest BCUT2D eigenvalue weighted by Crippen LogP contribution is -2.54. The number of carbonyl (C=O) groups is 5. The van der Waals surface area contributed by atoms with Gasteiger partial charge in [0.15, 0.2) is 0 Å². The fourth-order valence-electron chi connectivity index (χ4n) is 7.18. The average molecular weight is 780 g/mol. The van der Waals surface area contributed by atoms with Crippen LogP contribution in [-0.4, -0.2) is 83.8 Å². The van der Waals surface area contributed by atoms with E-state index in [2.05, 4.69) is 15.6 Å². The Labute approximate surface area is 320 Å². The number of piperidine rings is 1. The Hall–Kier alpha value is -5.44. The van der Waals surface area contributed by atoms with E-state index in [9.17, 15) is 37.1 Å². The maximum absolute atomic E-state index is 13.4. The number of carbonyl (C=O) groups excluding carboxylic acids is 5. The van der Waals surface area contributed by atoms with Gasteiger partial charge in [-0.2, -0.15) is 0 Å². The predicted octanol–water partition coefficient (Wildman–Crippen LogP) is 6.31. The molecule has 0 aromatic heterocycles. The van der Waals surface area contributed by atoms with E-state index in [4.69, 9.17) is 17.3 Å². The van der Waals surface area contributed by atoms with Crippen LogP contribution in [0.15, 0.2) is 59.6 Å². The molecular weight excluding hydrogens is 739 g/mol. The van der Waals surface area contributed by atoms with Gasteiger partial charge in [-0.25, -0.2) is 18.2 Å². The van der Waals surface area contributed by atoms with Crippen LogP contribution in [0.25, 0.3) is 0 Å². The smallest absolute Gasteiger partial charge is 0.264 e. The zero-order valence-corrected chi connectivity index (χ0v) is 30.7. The molecule has 2 saturated heterocycles. The number of nitrogens with one attached hydrogen (secondary N) is 2. The molecule has 0 saturated carbocycles. The minimum absolute atomic E-state index is 0.0958. The van der Waals surface area contributed by atoms with Gasteiger partial charge >= 0.3 is 0 Å². The molecule has 7 rings (SSSR count). The second kappa shape index (κ2) is 17.4. The summed E-state index contributed by atoms with van der Waals surface area (Å²) < 4.78 is 39.4. The number of alkyl halides is 2. The molecule has 2 fully saturated rings. The third-order valence-corrected chi connectivity index (χ3v) is 10.1. The van der Waals surface area contributed by atoms with Crippen molar-refractivity contribution in [1.29, 1.82) is 0 Å². The summed E-state index contributed by atoms with van der Waals surface area (Å²) in [6, 6.07) is 12.6. The molecule has 3 aromatic carbocycles. The van der Waals surface area contributed by atoms with Crippen LogP contribution in [0.4, 0.5) is 35.9 Å². The fraction of sp³-hybridized carbons (Fsp3) is 0.385. The lowest BCUT2D eigenvalue weighted by atomic mass is 10.0. The molecule has 4 aliphatic heterocycles. The van der Waals surface area contributed by atoms with Crippen LogP contribution in [-0.2, 0) is 14.4 Å². The van der Waals surface area contributed by atoms with Gasteiger partial charge in [-0.3, -0.25) is 34.2 Å². The number of nitrogens with zero attached hydrogens (tertiary/aromatic N) is 4. The summed E-state index contributed by atoms with van der Waals surface area (Å²) in [5, 5.41) is 5.87. The number of hydrogen-bond acceptors (Lipinski definition) is 9. The Morgan fingerprint density at radius 2 is 1.69 bits per heavy atom. The zero-order chi connectivity index (χ0) is 39.2. The molecule has 290 valence electrons. The number of halogens is 4. The van der Waals surface area contributed by atoms with E-state index in [0.717, 1.165) is 62.6 Å². The lowest BCUT2D eigenvalue weighted by molar-refractivity contribution is -0.136. The van der Waals surface area contributed by atoms with Crippen molar-refractivity contribution in [2.75, 3.05) is 36.4 Å². The molecule has 0 spiro atoms. The highest BCUT2D eigenvalue weighted by molar-refractivity contribution is 6.31. The van der Waals surface area contributed by atoms with E-state index < -0.39 is 48.5 Å². The third kappa shape index (κ3) is 8.93. The van der Waals surface area contributed by atoms with Crippen LogP contribution in [0.1, 0.15) is 84.1 Å². The number of fused-ring (bicyclic) bond motifs is 3. The number of amides is 5. The average Bonchev–Trinajstić information content (AvgIpc) is 3.76. The van der Waals surface area contributed by atoms with Gasteiger partial charge in [-0.05, 0) is 74.6 Å². The Morgan fingerprint density at radius 1 is 0.945 bits per heavy atom. The summed E-state index contributed by atoms with van der Waals surface area (Å²) in [6.45, 7) is 1.87. The Balaban J connectivity index is 0.000000203. The van der Waals surface area contributed by atoms with Gasteiger partial charge in [-0.15, -0.1) is 0 Å². The lowest BCUT2D eigenvalue weighted by Gasteiger charge is -2.27. The predicted molar refractivity (Wildman–Crippen MR) is 202 cm³/mol. The molecule has 1 unspecified atom stereocenters. The van der Waals surface area contributed by atoms with Gasteiger partial charge in [0.1, 0.15) is 17.7 Å². The van der Waals surface area contributed by atoms with Gasteiger partial charge in [0.25, 0.3) is 18.2 Å². The molecular formula is C39H41ClF3N7O5. The standard InChI is InChI=1S/C24H30N4O5.C15H11ClF3N3/c29-19-12-11-18(22(31)26-19)28-23(32)16-8-7-9-17(21(16)24(28)33)25-13-4-2-1-3-10-20(30)27-14-5-6-15-27;16-8-1-3-12-10(5-8)15(20)21-11-6-9(17)2-4-13(11)22(12)7-14(18)19/h7-9,18,25H,1-6,10-15H2,(H,26,29,31);1-6,14H,7H2,(H2,20,21). The van der Waals surface area contributed by atoms with Crippen molar-refractivity contribution in [2.45, 2.75) is 70.3 Å². The normalized spacial score (nSPS) is 17.6. The van der Waals surface area contributed by atoms with Gasteiger partial charge in [0.2, 0.25) is 17.7 Å². The molecule has 5 amide bonds. The van der Waals surface area contributed by atoms with Crippen molar-refractivity contribution in [1.82, 2.24) is 15.1 Å². The van der Waals surface area contributed by atoms with Crippen molar-refractivity contribution < 1.29 is 37.1 Å². The Morgan fingerprint density at radius 3 is 2.44 bits per heavy atom. The highest BCUT2D eigenvalue weighted by Gasteiger charge is 2.45. The number of imide groups is 2. The summed E-state index contributed by atoms with van der Waals surface area (Å²) in [4.78, 5) is 70.1. The minimum Gasteiger partial charge on any atom is -0.384 e. The van der Waals surface area contributed by atoms with Crippen LogP contribution in [0, 0.1) is 5.82 Å². The second-order valence-corrected chi connectivity index (χ2v) is 14.1. The fourth-order valence-corrected chi connectivity index (χ4v) is 7.35. The van der Waals surface area contributed by atoms with Gasteiger partial charge in [-0.1, -0.05) is 30.5 Å². The molecule has 12 nitrogen and oxygen atoms in total. The first kappa shape index (κ1) is 39.3. The number of amidine groups is 1. The van der Waals surface area contributed by atoms with E-state index in [1.165, 1.54) is 17.0 Å². The number of rotatable bonds is 11. The third-order valence-electron chi connectivity index (χ3n) is 9.87. The number of likely N-dealkylation sites (tertiary alicyclic amines) is 1. The van der Waals surface area contributed by atoms with Gasteiger partial charge < -0.3 is 20.9 Å². The van der Waals surface area contributed by atoms with E-state index in [1.54, 1.807) is 36.4 Å². The molecule has 4 heterocycles. The molecule has 0 radical (unpaired) electrons. The van der Waals surface area contributed by atoms with E-state index in [1.807, 2.05) is 4.90 Å². The van der Waals surface area contributed by atoms with Crippen molar-refractivity contribution in [2.24, 2.45) is 10.7 Å². The topological polar surface area (TPSA) is 158 Å². The summed E-state index contributed by atoms with van der Waals surface area (Å²) in [6.07, 6.45) is 4.16. The van der Waals surface area contributed by atoms with Crippen LogP contribution in [0.2, 0.25) is 5.02 Å². The van der Waals surface area contributed by atoms with Gasteiger partial charge in [0, 0.05) is 54.8 Å². The quantitative estimate of drug-likeness (QED) is 0.151. The van der Waals surface area contributed by atoms with Crippen LogP contribution < -0.4 is 21.3 Å². The molecule has 0 bridgehead atoms. The maximum atomic E-state index is 13.4. The Kier molecular flexibility index (Phi) is 12.4. The highest BCUT2D eigenvalue weighted by atomic mass is 35.5. The molecule has 1 atom stereocenters. The van der Waals surface area contributed by atoms with E-state index in [-0.39, 0.29) is 41.4 Å². The first-order valence-electron chi connectivity index (χ1n) is 18.3. The number of anilines is 3. The summed E-state index contributed by atoms with van der Waals surface area (Å²) >= 11 is 5.95. The van der Waals surface area contributed by atoms with Crippen molar-refractivity contribution >= 4 is 69.7 Å². The van der Waals surface area contributed by atoms with Crippen molar-refractivity contribution in [3.8, 4) is 0 Å². The van der Waals surface area contributed by atoms with E-state index in [0.29, 0.717) is 40.6 Å². The van der Waals surface area contributed by atoms with E-state index >= 15 is 0 Å². The largest absolute Gasteiger partial charge is 0.384 e. The molecule has 4 N–H and O–H groups in total. The number of unbranched alkanes of at least 4 members (excludes halogenated alkanes) is 3. The number of benzene rings is 3. The Bertz CT molecular complexity index is 2020. The monoisotopic (exact) mass is 779 g/mol. The first-order chi connectivity index (χ1) is 26.4. The highest BCUT2D eigenvalue weighted by Crippen LogP contribution is 2.40. The van der Waals surface area contributed by atoms with Crippen LogP contribution >= 0.6 is 11.6 Å². The summed E-state index contributed by atoms with van der Waals surface area (Å²) in [7, 11) is 0. The first-order valence-corrected chi connectivity index (χ1v) is 18.7. The summed E-state index contributed by atoms with van der Waals surface area (Å²) in [5.41, 5.74) is 8.51. The summed E-state index contributed by atoms with van der Waals surface area (Å²) in [5.74, 6) is -2.18. The SMILES string of the molecule is NC1=Nc2cc(F)ccc2N(CC(F)F)c2ccc(Cl)cc21.O=C1CCC(N2C(=O)c3cccc(NCCCCCCC(=O)N4CCCC4)c3C2=O)C(=O)N1. The van der Waals surface area contributed by atoms with Crippen molar-refractivity contribution in [3.63, 3.8) is 0 Å². The minimum atomic E-state index is -2.58. The number of aliphatic imine (C=N–C) groups is 1. The van der Waals surface area contributed by atoms with Crippen LogP contribution in [0.3, 0.4) is 0 Å².